The lowest BCUT2D eigenvalue weighted by Crippen LogP contribution is -2.51. The number of benzene rings is 2. The second kappa shape index (κ2) is 11.9. The van der Waals surface area contributed by atoms with Crippen LogP contribution in [0.1, 0.15) is 39.2 Å². The van der Waals surface area contributed by atoms with Crippen molar-refractivity contribution < 1.29 is 18.7 Å². The molecule has 0 aliphatic heterocycles. The Morgan fingerprint density at radius 2 is 1.71 bits per heavy atom. The molecule has 0 saturated carbocycles. The highest BCUT2D eigenvalue weighted by atomic mass is 35.5. The number of rotatable bonds is 10. The third-order valence-corrected chi connectivity index (χ3v) is 5.67. The summed E-state index contributed by atoms with van der Waals surface area (Å²) in [5.74, 6) is -1.37. The molecule has 2 atom stereocenters. The van der Waals surface area contributed by atoms with Crippen LogP contribution in [0.15, 0.2) is 42.5 Å². The van der Waals surface area contributed by atoms with Gasteiger partial charge in [-0.05, 0) is 44.0 Å². The molecule has 0 aliphatic carbocycles. The van der Waals surface area contributed by atoms with E-state index in [0.717, 1.165) is 6.42 Å². The zero-order valence-electron chi connectivity index (χ0n) is 17.8. The average Bonchev–Trinajstić information content (AvgIpc) is 2.74. The number of hydrogen-bond donors (Lipinski definition) is 1. The van der Waals surface area contributed by atoms with Crippen molar-refractivity contribution in [1.82, 2.24) is 10.2 Å². The summed E-state index contributed by atoms with van der Waals surface area (Å²) in [4.78, 5) is 27.4. The van der Waals surface area contributed by atoms with Crippen LogP contribution in [0, 0.1) is 5.82 Å². The number of halogens is 3. The van der Waals surface area contributed by atoms with E-state index in [2.05, 4.69) is 5.32 Å². The van der Waals surface area contributed by atoms with E-state index in [9.17, 15) is 14.0 Å². The van der Waals surface area contributed by atoms with Crippen molar-refractivity contribution in [2.45, 2.75) is 52.2 Å². The second-order valence-electron chi connectivity index (χ2n) is 7.18. The van der Waals surface area contributed by atoms with Gasteiger partial charge >= 0.3 is 0 Å². The lowest BCUT2D eigenvalue weighted by molar-refractivity contribution is -0.143. The monoisotopic (exact) mass is 468 g/mol. The highest BCUT2D eigenvalue weighted by Crippen LogP contribution is 2.27. The molecule has 0 spiro atoms. The topological polar surface area (TPSA) is 58.6 Å². The Morgan fingerprint density at radius 3 is 2.29 bits per heavy atom. The van der Waals surface area contributed by atoms with Gasteiger partial charge in [-0.15, -0.1) is 0 Å². The van der Waals surface area contributed by atoms with Gasteiger partial charge in [0.2, 0.25) is 5.91 Å². The first-order valence-electron chi connectivity index (χ1n) is 10.2. The van der Waals surface area contributed by atoms with Gasteiger partial charge in [-0.1, -0.05) is 55.2 Å². The molecule has 2 aromatic carbocycles. The Kier molecular flexibility index (Phi) is 9.59. The van der Waals surface area contributed by atoms with E-state index < -0.39 is 24.4 Å². The van der Waals surface area contributed by atoms with E-state index in [1.54, 1.807) is 24.3 Å². The predicted molar refractivity (Wildman–Crippen MR) is 121 cm³/mol. The first-order chi connectivity index (χ1) is 14.8. The molecule has 8 heteroatoms. The Bertz CT molecular complexity index is 890. The maximum Gasteiger partial charge on any atom is 0.261 e. The lowest BCUT2D eigenvalue weighted by atomic mass is 10.1. The largest absolute Gasteiger partial charge is 0.481 e. The highest BCUT2D eigenvalue weighted by molar-refractivity contribution is 6.36. The fraction of sp³-hybridized carbons (Fsp3) is 0.391. The van der Waals surface area contributed by atoms with Gasteiger partial charge in [-0.3, -0.25) is 9.59 Å². The van der Waals surface area contributed by atoms with Crippen molar-refractivity contribution >= 4 is 35.0 Å². The number of nitrogens with zero attached hydrogens (tertiary/aromatic N) is 1. The van der Waals surface area contributed by atoms with Crippen molar-refractivity contribution in [1.29, 1.82) is 0 Å². The molecule has 168 valence electrons. The number of hydrogen-bond acceptors (Lipinski definition) is 3. The second-order valence-corrected chi connectivity index (χ2v) is 8.00. The minimum absolute atomic E-state index is 0.0183. The molecule has 5 nitrogen and oxygen atoms in total. The van der Waals surface area contributed by atoms with Gasteiger partial charge in [0, 0.05) is 28.2 Å². The Balaban J connectivity index is 2.30. The van der Waals surface area contributed by atoms with Gasteiger partial charge in [0.1, 0.15) is 6.04 Å². The van der Waals surface area contributed by atoms with Crippen LogP contribution in [0.5, 0.6) is 5.75 Å². The fourth-order valence-electron chi connectivity index (χ4n) is 3.00. The minimum atomic E-state index is -0.766. The molecule has 0 aromatic heterocycles. The molecule has 2 rings (SSSR count). The van der Waals surface area contributed by atoms with Crippen LogP contribution in [0.2, 0.25) is 10.0 Å². The molecule has 2 aromatic rings. The van der Waals surface area contributed by atoms with E-state index >= 15 is 0 Å². The molecule has 0 heterocycles. The summed E-state index contributed by atoms with van der Waals surface area (Å²) in [7, 11) is 0. The minimum Gasteiger partial charge on any atom is -0.481 e. The fourth-order valence-corrected chi connectivity index (χ4v) is 3.52. The lowest BCUT2D eigenvalue weighted by Gasteiger charge is -2.31. The summed E-state index contributed by atoms with van der Waals surface area (Å²) in [6.45, 7) is 5.25. The number of ether oxygens (including phenoxy) is 1. The maximum atomic E-state index is 13.9. The molecular weight excluding hydrogens is 442 g/mol. The van der Waals surface area contributed by atoms with Crippen LogP contribution in [0.4, 0.5) is 4.39 Å². The molecule has 0 unspecified atom stereocenters. The summed E-state index contributed by atoms with van der Waals surface area (Å²) in [6, 6.07) is 10.0. The van der Waals surface area contributed by atoms with E-state index in [-0.39, 0.29) is 24.2 Å². The van der Waals surface area contributed by atoms with Crippen molar-refractivity contribution in [2.24, 2.45) is 0 Å². The van der Waals surface area contributed by atoms with Crippen LogP contribution in [-0.2, 0) is 16.1 Å². The van der Waals surface area contributed by atoms with Gasteiger partial charge < -0.3 is 15.0 Å². The maximum absolute atomic E-state index is 13.9. The van der Waals surface area contributed by atoms with Gasteiger partial charge in [-0.25, -0.2) is 4.39 Å². The van der Waals surface area contributed by atoms with Crippen LogP contribution in [-0.4, -0.2) is 35.4 Å². The third-order valence-electron chi connectivity index (χ3n) is 4.96. The molecule has 0 aliphatic rings. The first-order valence-corrected chi connectivity index (χ1v) is 10.9. The summed E-state index contributed by atoms with van der Waals surface area (Å²) < 4.78 is 19.3. The molecule has 0 fully saturated rings. The van der Waals surface area contributed by atoms with Gasteiger partial charge in [0.15, 0.2) is 18.2 Å². The summed E-state index contributed by atoms with van der Waals surface area (Å²) in [5, 5.41) is 3.69. The molecule has 31 heavy (non-hydrogen) atoms. The van der Waals surface area contributed by atoms with Gasteiger partial charge in [0.25, 0.3) is 5.91 Å². The van der Waals surface area contributed by atoms with Gasteiger partial charge in [0.05, 0.1) is 0 Å². The van der Waals surface area contributed by atoms with Crippen molar-refractivity contribution in [3.63, 3.8) is 0 Å². The third kappa shape index (κ3) is 6.84. The zero-order valence-corrected chi connectivity index (χ0v) is 19.3. The molecular formula is C23H27Cl2FN2O3. The van der Waals surface area contributed by atoms with Gasteiger partial charge in [-0.2, -0.15) is 0 Å². The summed E-state index contributed by atoms with van der Waals surface area (Å²) in [5.41, 5.74) is 0.528. The Labute approximate surface area is 192 Å². The first kappa shape index (κ1) is 25.0. The Morgan fingerprint density at radius 1 is 1.06 bits per heavy atom. The zero-order chi connectivity index (χ0) is 23.0. The average molecular weight is 469 g/mol. The smallest absolute Gasteiger partial charge is 0.261 e. The summed E-state index contributed by atoms with van der Waals surface area (Å²) >= 11 is 12.6. The van der Waals surface area contributed by atoms with Crippen molar-refractivity contribution in [3.8, 4) is 5.75 Å². The van der Waals surface area contributed by atoms with E-state index in [1.165, 1.54) is 23.1 Å². The molecule has 0 bridgehead atoms. The number of amides is 2. The molecule has 0 radical (unpaired) electrons. The number of para-hydroxylation sites is 1. The number of carbonyl (C=O) groups excluding carboxylic acids is 2. The predicted octanol–water partition coefficient (Wildman–Crippen LogP) is 5.23. The normalized spacial score (nSPS) is 12.7. The Hall–Kier alpha value is -2.31. The SMILES string of the molecule is CC[C@@H](C)NC(=O)[C@@H](CC)N(Cc1c(Cl)cccc1Cl)C(=O)COc1ccccc1F. The van der Waals surface area contributed by atoms with Crippen LogP contribution < -0.4 is 10.1 Å². The quantitative estimate of drug-likeness (QED) is 0.518. The van der Waals surface area contributed by atoms with E-state index in [0.29, 0.717) is 22.0 Å². The highest BCUT2D eigenvalue weighted by Gasteiger charge is 2.30. The standard InChI is InChI=1S/C23H27Cl2FN2O3/c1-4-15(3)27-23(30)20(5-2)28(13-16-17(24)9-8-10-18(16)25)22(29)14-31-21-12-7-6-11-19(21)26/h6-12,15,20H,4-5,13-14H2,1-3H3,(H,27,30)/t15-,20-/m1/s1. The molecule has 0 saturated heterocycles. The van der Waals surface area contributed by atoms with E-state index in [1.807, 2.05) is 20.8 Å². The van der Waals surface area contributed by atoms with Crippen molar-refractivity contribution in [3.05, 3.63) is 63.9 Å². The van der Waals surface area contributed by atoms with Crippen LogP contribution in [0.25, 0.3) is 0 Å². The summed E-state index contributed by atoms with van der Waals surface area (Å²) in [6.07, 6.45) is 1.12. The van der Waals surface area contributed by atoms with Crippen LogP contribution >= 0.6 is 23.2 Å². The van der Waals surface area contributed by atoms with Crippen molar-refractivity contribution in [2.75, 3.05) is 6.61 Å². The van der Waals surface area contributed by atoms with Crippen LogP contribution in [0.3, 0.4) is 0 Å². The molecule has 1 N–H and O–H groups in total. The number of carbonyl (C=O) groups is 2. The van der Waals surface area contributed by atoms with E-state index in [4.69, 9.17) is 27.9 Å². The molecule has 2 amide bonds. The number of nitrogens with one attached hydrogen (secondary N) is 1.